The van der Waals surface area contributed by atoms with Crippen LogP contribution in [0.3, 0.4) is 0 Å². The summed E-state index contributed by atoms with van der Waals surface area (Å²) in [6.45, 7) is 1.94. The highest BCUT2D eigenvalue weighted by molar-refractivity contribution is 8.04. The lowest BCUT2D eigenvalue weighted by Crippen LogP contribution is -1.97. The fraction of sp³-hybridized carbons (Fsp3) is 0.111. The number of carboxylic acids is 1. The Morgan fingerprint density at radius 1 is 1.25 bits per heavy atom. The van der Waals surface area contributed by atoms with E-state index in [1.165, 1.54) is 17.8 Å². The van der Waals surface area contributed by atoms with Crippen LogP contribution in [0.5, 0.6) is 0 Å². The molecule has 3 aromatic heterocycles. The second-order valence-electron chi connectivity index (χ2n) is 5.65. The molecule has 1 aromatic carbocycles. The van der Waals surface area contributed by atoms with Crippen LogP contribution in [-0.4, -0.2) is 36.2 Å². The molecule has 3 heterocycles. The van der Waals surface area contributed by atoms with E-state index in [0.29, 0.717) is 33.4 Å². The summed E-state index contributed by atoms with van der Waals surface area (Å²) in [5.41, 5.74) is 1.82. The van der Waals surface area contributed by atoms with E-state index in [1.807, 2.05) is 31.2 Å². The van der Waals surface area contributed by atoms with Gasteiger partial charge < -0.3 is 14.5 Å². The molecule has 0 unspecified atom stereocenters. The SMILES string of the molecule is CCc1nc(S/C(=C\c2ccc(Sc3nc4ccccc4[nH]3)o2)C(=O)O)n[nH]1. The Morgan fingerprint density at radius 2 is 2.11 bits per heavy atom. The Hall–Kier alpha value is -2.98. The number of hydrogen-bond acceptors (Lipinski definition) is 7. The Morgan fingerprint density at radius 3 is 2.86 bits per heavy atom. The Labute approximate surface area is 167 Å². The van der Waals surface area contributed by atoms with E-state index in [2.05, 4.69) is 25.1 Å². The summed E-state index contributed by atoms with van der Waals surface area (Å²) < 4.78 is 5.73. The summed E-state index contributed by atoms with van der Waals surface area (Å²) in [4.78, 5) is 23.5. The number of carbonyl (C=O) groups is 1. The number of hydrogen-bond donors (Lipinski definition) is 3. The molecule has 0 saturated heterocycles. The number of aromatic amines is 2. The molecule has 4 aromatic rings. The lowest BCUT2D eigenvalue weighted by molar-refractivity contribution is -0.131. The summed E-state index contributed by atoms with van der Waals surface area (Å²) in [5.74, 6) is 0.0558. The van der Waals surface area contributed by atoms with Gasteiger partial charge in [-0.25, -0.2) is 14.8 Å². The fourth-order valence-electron chi connectivity index (χ4n) is 2.38. The molecule has 0 radical (unpaired) electrons. The number of nitrogens with zero attached hydrogens (tertiary/aromatic N) is 3. The molecule has 0 saturated carbocycles. The van der Waals surface area contributed by atoms with Crippen molar-refractivity contribution in [3.63, 3.8) is 0 Å². The van der Waals surface area contributed by atoms with Crippen molar-refractivity contribution in [1.29, 1.82) is 0 Å². The number of nitrogens with one attached hydrogen (secondary N) is 2. The molecule has 0 amide bonds. The number of imidazole rings is 1. The topological polar surface area (TPSA) is 121 Å². The van der Waals surface area contributed by atoms with Crippen molar-refractivity contribution in [2.75, 3.05) is 0 Å². The summed E-state index contributed by atoms with van der Waals surface area (Å²) >= 11 is 2.30. The standard InChI is InChI=1S/C18H15N5O3S2/c1-2-14-21-18(23-22-14)27-13(16(24)25)9-10-7-8-15(26-10)28-17-19-11-5-3-4-6-12(11)20-17/h3-9H,2H2,1H3,(H,19,20)(H,24,25)(H,21,22,23)/b13-9-. The van der Waals surface area contributed by atoms with Gasteiger partial charge in [-0.15, -0.1) is 5.10 Å². The van der Waals surface area contributed by atoms with Crippen molar-refractivity contribution in [2.24, 2.45) is 0 Å². The zero-order chi connectivity index (χ0) is 19.5. The highest BCUT2D eigenvalue weighted by Crippen LogP contribution is 2.31. The fourth-order valence-corrected chi connectivity index (χ4v) is 3.86. The second kappa shape index (κ2) is 7.95. The van der Waals surface area contributed by atoms with E-state index in [4.69, 9.17) is 4.42 Å². The number of carboxylic acid groups (broad SMARTS) is 1. The van der Waals surface area contributed by atoms with E-state index in [0.717, 1.165) is 22.8 Å². The normalized spacial score (nSPS) is 12.0. The Bertz CT molecular complexity index is 1130. The second-order valence-corrected chi connectivity index (χ2v) is 7.65. The van der Waals surface area contributed by atoms with E-state index in [1.54, 1.807) is 12.1 Å². The minimum Gasteiger partial charge on any atom is -0.477 e. The molecule has 3 N–H and O–H groups in total. The van der Waals surface area contributed by atoms with Crippen LogP contribution < -0.4 is 0 Å². The molecule has 142 valence electrons. The van der Waals surface area contributed by atoms with E-state index >= 15 is 0 Å². The predicted molar refractivity (Wildman–Crippen MR) is 106 cm³/mol. The first-order valence-electron chi connectivity index (χ1n) is 8.37. The monoisotopic (exact) mass is 413 g/mol. The van der Waals surface area contributed by atoms with Crippen LogP contribution in [0, 0.1) is 0 Å². The molecule has 0 bridgehead atoms. The summed E-state index contributed by atoms with van der Waals surface area (Å²) in [5, 5.41) is 17.9. The molecule has 28 heavy (non-hydrogen) atoms. The lowest BCUT2D eigenvalue weighted by Gasteiger charge is -1.97. The first kappa shape index (κ1) is 18.4. The number of furan rings is 1. The van der Waals surface area contributed by atoms with Crippen LogP contribution in [-0.2, 0) is 11.2 Å². The lowest BCUT2D eigenvalue weighted by atomic mass is 10.3. The van der Waals surface area contributed by atoms with Gasteiger partial charge in [0.25, 0.3) is 0 Å². The molecule has 4 rings (SSSR count). The molecule has 8 nitrogen and oxygen atoms in total. The van der Waals surface area contributed by atoms with E-state index in [9.17, 15) is 9.90 Å². The molecule has 0 aliphatic rings. The minimum atomic E-state index is -1.07. The van der Waals surface area contributed by atoms with Crippen LogP contribution in [0.25, 0.3) is 17.1 Å². The van der Waals surface area contributed by atoms with Crippen LogP contribution in [0.1, 0.15) is 18.5 Å². The van der Waals surface area contributed by atoms with Crippen molar-refractivity contribution in [2.45, 2.75) is 28.7 Å². The maximum Gasteiger partial charge on any atom is 0.342 e. The van der Waals surface area contributed by atoms with Gasteiger partial charge in [0.15, 0.2) is 10.2 Å². The zero-order valence-electron chi connectivity index (χ0n) is 14.7. The van der Waals surface area contributed by atoms with Crippen LogP contribution in [0.2, 0.25) is 0 Å². The van der Waals surface area contributed by atoms with Crippen molar-refractivity contribution in [1.82, 2.24) is 25.1 Å². The van der Waals surface area contributed by atoms with E-state index < -0.39 is 5.97 Å². The third-order valence-electron chi connectivity index (χ3n) is 3.70. The molecule has 0 aliphatic carbocycles. The van der Waals surface area contributed by atoms with Crippen molar-refractivity contribution >= 4 is 46.6 Å². The number of aliphatic carboxylic acids is 1. The van der Waals surface area contributed by atoms with Gasteiger partial charge in [0.1, 0.15) is 16.5 Å². The number of thioether (sulfide) groups is 1. The smallest absolute Gasteiger partial charge is 0.342 e. The first-order chi connectivity index (χ1) is 13.6. The molecule has 0 fully saturated rings. The average Bonchev–Trinajstić information content (AvgIpc) is 3.40. The van der Waals surface area contributed by atoms with Crippen molar-refractivity contribution in [3.05, 3.63) is 52.9 Å². The maximum absolute atomic E-state index is 11.6. The van der Waals surface area contributed by atoms with Crippen LogP contribution in [0.15, 0.2) is 61.1 Å². The zero-order valence-corrected chi connectivity index (χ0v) is 16.3. The third-order valence-corrected chi connectivity index (χ3v) is 5.38. The largest absolute Gasteiger partial charge is 0.477 e. The summed E-state index contributed by atoms with van der Waals surface area (Å²) in [7, 11) is 0. The average molecular weight is 413 g/mol. The summed E-state index contributed by atoms with van der Waals surface area (Å²) in [6.07, 6.45) is 2.15. The number of para-hydroxylation sites is 2. The molecular formula is C18H15N5O3S2. The molecular weight excluding hydrogens is 398 g/mol. The number of aryl methyl sites for hydroxylation is 1. The van der Waals surface area contributed by atoms with Gasteiger partial charge >= 0.3 is 5.97 Å². The molecule has 0 spiro atoms. The van der Waals surface area contributed by atoms with Gasteiger partial charge in [-0.05, 0) is 47.8 Å². The number of fused-ring (bicyclic) bond motifs is 1. The summed E-state index contributed by atoms with van der Waals surface area (Å²) in [6, 6.07) is 11.2. The molecule has 0 aliphatic heterocycles. The number of benzene rings is 1. The van der Waals surface area contributed by atoms with Gasteiger partial charge in [-0.1, -0.05) is 19.1 Å². The van der Waals surface area contributed by atoms with Crippen LogP contribution in [0.4, 0.5) is 0 Å². The Kier molecular flexibility index (Phi) is 5.22. The van der Waals surface area contributed by atoms with Gasteiger partial charge in [0, 0.05) is 12.5 Å². The highest BCUT2D eigenvalue weighted by atomic mass is 32.2. The molecule has 10 heteroatoms. The van der Waals surface area contributed by atoms with E-state index in [-0.39, 0.29) is 4.91 Å². The van der Waals surface area contributed by atoms with Gasteiger partial charge in [0.2, 0.25) is 5.16 Å². The quantitative estimate of drug-likeness (QED) is 0.304. The van der Waals surface area contributed by atoms with Gasteiger partial charge in [0.05, 0.1) is 11.0 Å². The minimum absolute atomic E-state index is 0.0660. The van der Waals surface area contributed by atoms with Crippen molar-refractivity contribution in [3.8, 4) is 0 Å². The first-order valence-corrected chi connectivity index (χ1v) is 10.0. The predicted octanol–water partition coefficient (Wildman–Crippen LogP) is 4.21. The number of aromatic nitrogens is 5. The van der Waals surface area contributed by atoms with Gasteiger partial charge in [-0.2, -0.15) is 0 Å². The number of rotatable bonds is 7. The third kappa shape index (κ3) is 4.12. The molecule has 0 atom stereocenters. The maximum atomic E-state index is 11.6. The highest BCUT2D eigenvalue weighted by Gasteiger charge is 2.15. The van der Waals surface area contributed by atoms with Gasteiger partial charge in [-0.3, -0.25) is 5.10 Å². The Balaban J connectivity index is 1.51. The van der Waals surface area contributed by atoms with Crippen LogP contribution >= 0.6 is 23.5 Å². The number of H-pyrrole nitrogens is 2. The van der Waals surface area contributed by atoms with Crippen molar-refractivity contribution < 1.29 is 14.3 Å².